The van der Waals surface area contributed by atoms with Crippen LogP contribution in [0.4, 0.5) is 4.39 Å². The van der Waals surface area contributed by atoms with Gasteiger partial charge in [0, 0.05) is 6.42 Å². The summed E-state index contributed by atoms with van der Waals surface area (Å²) in [4.78, 5) is 11.8. The summed E-state index contributed by atoms with van der Waals surface area (Å²) >= 11 is 5.63. The van der Waals surface area contributed by atoms with E-state index in [2.05, 4.69) is 6.92 Å². The van der Waals surface area contributed by atoms with E-state index in [1.54, 1.807) is 6.07 Å². The van der Waals surface area contributed by atoms with Gasteiger partial charge in [0.1, 0.15) is 0 Å². The fourth-order valence-electron chi connectivity index (χ4n) is 1.74. The van der Waals surface area contributed by atoms with Gasteiger partial charge in [0.05, 0.1) is 10.6 Å². The smallest absolute Gasteiger partial charge is 0.166 e. The Morgan fingerprint density at radius 3 is 2.81 bits per heavy atom. The van der Waals surface area contributed by atoms with E-state index in [0.717, 1.165) is 12.8 Å². The lowest BCUT2D eigenvalue weighted by Gasteiger charge is -2.09. The number of hydrogen-bond donors (Lipinski definition) is 0. The Kier molecular flexibility index (Phi) is 4.94. The molecule has 0 aliphatic rings. The molecule has 1 atom stereocenters. The molecule has 88 valence electrons. The number of halogens is 2. The van der Waals surface area contributed by atoms with E-state index in [9.17, 15) is 9.18 Å². The molecule has 0 radical (unpaired) electrons. The third kappa shape index (κ3) is 3.31. The fraction of sp³-hybridized carbons (Fsp3) is 0.462. The van der Waals surface area contributed by atoms with E-state index in [0.29, 0.717) is 6.42 Å². The van der Waals surface area contributed by atoms with Crippen LogP contribution in [0.3, 0.4) is 0 Å². The molecule has 16 heavy (non-hydrogen) atoms. The molecule has 0 spiro atoms. The van der Waals surface area contributed by atoms with Gasteiger partial charge in [0.15, 0.2) is 11.6 Å². The second-order valence-corrected chi connectivity index (χ2v) is 4.53. The van der Waals surface area contributed by atoms with Crippen molar-refractivity contribution >= 4 is 17.4 Å². The first kappa shape index (κ1) is 13.2. The average molecular weight is 243 g/mol. The molecule has 0 aliphatic heterocycles. The molecule has 0 saturated carbocycles. The molecule has 0 aromatic heterocycles. The first-order valence-corrected chi connectivity index (χ1v) is 5.91. The molecular formula is C13H16ClFO. The zero-order chi connectivity index (χ0) is 12.1. The van der Waals surface area contributed by atoms with Crippen molar-refractivity contribution in [2.45, 2.75) is 33.1 Å². The summed E-state index contributed by atoms with van der Waals surface area (Å²) in [6, 6.07) is 4.54. The maximum Gasteiger partial charge on any atom is 0.166 e. The standard InChI is InChI=1S/C13H16ClFO/c1-3-5-9(2)8-12(16)10-6-4-7-11(14)13(10)15/h4,6-7,9H,3,5,8H2,1-2H3. The van der Waals surface area contributed by atoms with Crippen LogP contribution in [0.15, 0.2) is 18.2 Å². The van der Waals surface area contributed by atoms with Gasteiger partial charge < -0.3 is 0 Å². The highest BCUT2D eigenvalue weighted by atomic mass is 35.5. The highest BCUT2D eigenvalue weighted by molar-refractivity contribution is 6.31. The van der Waals surface area contributed by atoms with E-state index in [1.807, 2.05) is 6.92 Å². The normalized spacial score (nSPS) is 12.5. The van der Waals surface area contributed by atoms with Crippen molar-refractivity contribution < 1.29 is 9.18 Å². The summed E-state index contributed by atoms with van der Waals surface area (Å²) in [7, 11) is 0. The number of benzene rings is 1. The Labute approximate surface area is 101 Å². The second kappa shape index (κ2) is 6.00. The van der Waals surface area contributed by atoms with Gasteiger partial charge in [-0.2, -0.15) is 0 Å². The van der Waals surface area contributed by atoms with Gasteiger partial charge in [-0.3, -0.25) is 4.79 Å². The van der Waals surface area contributed by atoms with E-state index in [1.165, 1.54) is 12.1 Å². The minimum absolute atomic E-state index is 0.00833. The molecule has 0 heterocycles. The summed E-state index contributed by atoms with van der Waals surface area (Å²) in [6.45, 7) is 4.07. The molecule has 0 aliphatic carbocycles. The van der Waals surface area contributed by atoms with Gasteiger partial charge in [-0.05, 0) is 18.1 Å². The van der Waals surface area contributed by atoms with Crippen molar-refractivity contribution in [3.05, 3.63) is 34.6 Å². The molecule has 1 rings (SSSR count). The van der Waals surface area contributed by atoms with Crippen molar-refractivity contribution in [2.75, 3.05) is 0 Å². The Balaban J connectivity index is 2.77. The lowest BCUT2D eigenvalue weighted by atomic mass is 9.96. The Morgan fingerprint density at radius 1 is 1.50 bits per heavy atom. The maximum absolute atomic E-state index is 13.5. The van der Waals surface area contributed by atoms with Crippen LogP contribution in [-0.4, -0.2) is 5.78 Å². The molecule has 3 heteroatoms. The SMILES string of the molecule is CCCC(C)CC(=O)c1cccc(Cl)c1F. The Hall–Kier alpha value is -0.890. The number of ketones is 1. The number of rotatable bonds is 5. The van der Waals surface area contributed by atoms with E-state index >= 15 is 0 Å². The van der Waals surface area contributed by atoms with Crippen LogP contribution in [-0.2, 0) is 0 Å². The van der Waals surface area contributed by atoms with Gasteiger partial charge in [0.25, 0.3) is 0 Å². The van der Waals surface area contributed by atoms with Crippen LogP contribution in [0.25, 0.3) is 0 Å². The third-order valence-corrected chi connectivity index (χ3v) is 2.86. The summed E-state index contributed by atoms with van der Waals surface area (Å²) in [5, 5.41) is 0.00833. The molecule has 1 unspecified atom stereocenters. The molecule has 1 nitrogen and oxygen atoms in total. The molecule has 0 fully saturated rings. The minimum atomic E-state index is -0.599. The van der Waals surface area contributed by atoms with Crippen molar-refractivity contribution in [1.29, 1.82) is 0 Å². The molecule has 1 aromatic rings. The number of carbonyl (C=O) groups is 1. The second-order valence-electron chi connectivity index (χ2n) is 4.12. The molecule has 0 amide bonds. The quantitative estimate of drug-likeness (QED) is 0.696. The zero-order valence-corrected chi connectivity index (χ0v) is 10.4. The van der Waals surface area contributed by atoms with Gasteiger partial charge >= 0.3 is 0 Å². The fourth-order valence-corrected chi connectivity index (χ4v) is 1.91. The first-order chi connectivity index (χ1) is 7.56. The van der Waals surface area contributed by atoms with Crippen LogP contribution in [0, 0.1) is 11.7 Å². The molecular weight excluding hydrogens is 227 g/mol. The van der Waals surface area contributed by atoms with Crippen molar-refractivity contribution in [1.82, 2.24) is 0 Å². The predicted octanol–water partition coefficient (Wildman–Crippen LogP) is 4.49. The van der Waals surface area contributed by atoms with Crippen molar-refractivity contribution in [3.8, 4) is 0 Å². The van der Waals surface area contributed by atoms with Crippen LogP contribution in [0.1, 0.15) is 43.5 Å². The minimum Gasteiger partial charge on any atom is -0.294 e. The maximum atomic E-state index is 13.5. The van der Waals surface area contributed by atoms with Crippen molar-refractivity contribution in [2.24, 2.45) is 5.92 Å². The van der Waals surface area contributed by atoms with E-state index in [-0.39, 0.29) is 22.3 Å². The largest absolute Gasteiger partial charge is 0.294 e. The van der Waals surface area contributed by atoms with Gasteiger partial charge in [0.2, 0.25) is 0 Å². The number of Topliss-reactive ketones (excluding diaryl/α,β-unsaturated/α-hetero) is 1. The van der Waals surface area contributed by atoms with E-state index in [4.69, 9.17) is 11.6 Å². The summed E-state index contributed by atoms with van der Waals surface area (Å²) in [5.41, 5.74) is 0.107. The van der Waals surface area contributed by atoms with Crippen LogP contribution in [0.2, 0.25) is 5.02 Å². The Bertz CT molecular complexity index is 376. The lowest BCUT2D eigenvalue weighted by molar-refractivity contribution is 0.0958. The summed E-state index contributed by atoms with van der Waals surface area (Å²) in [5.74, 6) is -0.477. The van der Waals surface area contributed by atoms with Gasteiger partial charge in [-0.25, -0.2) is 4.39 Å². The highest BCUT2D eigenvalue weighted by Crippen LogP contribution is 2.21. The van der Waals surface area contributed by atoms with Crippen LogP contribution < -0.4 is 0 Å². The summed E-state index contributed by atoms with van der Waals surface area (Å²) < 4.78 is 13.5. The van der Waals surface area contributed by atoms with Crippen LogP contribution in [0.5, 0.6) is 0 Å². The average Bonchev–Trinajstić information content (AvgIpc) is 2.22. The number of hydrogen-bond acceptors (Lipinski definition) is 1. The predicted molar refractivity (Wildman–Crippen MR) is 64.4 cm³/mol. The highest BCUT2D eigenvalue weighted by Gasteiger charge is 2.16. The summed E-state index contributed by atoms with van der Waals surface area (Å²) in [6.07, 6.45) is 2.39. The lowest BCUT2D eigenvalue weighted by Crippen LogP contribution is -2.08. The Morgan fingerprint density at radius 2 is 2.19 bits per heavy atom. The van der Waals surface area contributed by atoms with E-state index < -0.39 is 5.82 Å². The van der Waals surface area contributed by atoms with Gasteiger partial charge in [-0.15, -0.1) is 0 Å². The molecule has 1 aromatic carbocycles. The third-order valence-electron chi connectivity index (χ3n) is 2.57. The number of carbonyl (C=O) groups excluding carboxylic acids is 1. The van der Waals surface area contributed by atoms with Gasteiger partial charge in [-0.1, -0.05) is 44.4 Å². The molecule has 0 N–H and O–H groups in total. The first-order valence-electron chi connectivity index (χ1n) is 5.53. The monoisotopic (exact) mass is 242 g/mol. The van der Waals surface area contributed by atoms with Crippen LogP contribution >= 0.6 is 11.6 Å². The topological polar surface area (TPSA) is 17.1 Å². The van der Waals surface area contributed by atoms with Crippen molar-refractivity contribution in [3.63, 3.8) is 0 Å². The molecule has 0 saturated heterocycles. The molecule has 0 bridgehead atoms. The zero-order valence-electron chi connectivity index (χ0n) is 9.59.